The molecule has 1 unspecified atom stereocenters. The topological polar surface area (TPSA) is 77.8 Å². The molecule has 2 aromatic rings. The highest BCUT2D eigenvalue weighted by Crippen LogP contribution is 2.39. The molecule has 4 nitrogen and oxygen atoms in total. The molecule has 0 amide bonds. The number of aryl methyl sites for hydroxylation is 2. The van der Waals surface area contributed by atoms with Gasteiger partial charge < -0.3 is 15.3 Å². The van der Waals surface area contributed by atoms with Gasteiger partial charge in [-0.15, -0.1) is 0 Å². The van der Waals surface area contributed by atoms with E-state index in [0.717, 1.165) is 11.1 Å². The highest BCUT2D eigenvalue weighted by atomic mass is 19.1. The number of aromatic hydroxyl groups is 2. The fourth-order valence-electron chi connectivity index (χ4n) is 2.83. The van der Waals surface area contributed by atoms with Gasteiger partial charge in [-0.2, -0.15) is 0 Å². The molecule has 0 aliphatic rings. The Bertz CT molecular complexity index is 746. The van der Waals surface area contributed by atoms with Crippen molar-refractivity contribution in [3.05, 3.63) is 46.8 Å². The van der Waals surface area contributed by atoms with Crippen molar-refractivity contribution >= 4 is 5.97 Å². The molecule has 3 N–H and O–H groups in total. The summed E-state index contributed by atoms with van der Waals surface area (Å²) in [4.78, 5) is 10.9. The Hall–Kier alpha value is -2.56. The summed E-state index contributed by atoms with van der Waals surface area (Å²) >= 11 is 0. The number of phenols is 2. The lowest BCUT2D eigenvalue weighted by Gasteiger charge is -2.16. The molecule has 1 atom stereocenters. The highest BCUT2D eigenvalue weighted by molar-refractivity contribution is 5.76. The van der Waals surface area contributed by atoms with Crippen molar-refractivity contribution < 1.29 is 24.5 Å². The van der Waals surface area contributed by atoms with E-state index >= 15 is 0 Å². The van der Waals surface area contributed by atoms with Crippen LogP contribution < -0.4 is 0 Å². The summed E-state index contributed by atoms with van der Waals surface area (Å²) in [6.07, 6.45) is -0.251. The van der Waals surface area contributed by atoms with E-state index in [4.69, 9.17) is 5.11 Å². The molecule has 0 spiro atoms. The number of aliphatic carboxylic acids is 1. The number of carboxylic acids is 1. The predicted octanol–water partition coefficient (Wildman–Crippen LogP) is 5.13. The normalized spacial score (nSPS) is 11.4. The molecule has 5 heteroatoms. The van der Waals surface area contributed by atoms with Crippen molar-refractivity contribution in [1.82, 2.24) is 0 Å². The van der Waals surface area contributed by atoms with Crippen LogP contribution in [0.3, 0.4) is 0 Å². The van der Waals surface area contributed by atoms with Crippen LogP contribution >= 0.6 is 0 Å². The van der Waals surface area contributed by atoms with Gasteiger partial charge in [-0.3, -0.25) is 4.79 Å². The maximum Gasteiger partial charge on any atom is 0.303 e. The second-order valence-corrected chi connectivity index (χ2v) is 5.87. The molecule has 0 aliphatic heterocycles. The fourth-order valence-corrected chi connectivity index (χ4v) is 2.83. The molecule has 2 aromatic carbocycles. The third-order valence-corrected chi connectivity index (χ3v) is 3.84. The van der Waals surface area contributed by atoms with Crippen LogP contribution in [-0.4, -0.2) is 21.3 Å². The van der Waals surface area contributed by atoms with Gasteiger partial charge in [0.15, 0.2) is 11.6 Å². The number of carboxylic acid groups (broad SMARTS) is 1. The predicted molar refractivity (Wildman–Crippen MR) is 96.7 cm³/mol. The number of hydrogen-bond acceptors (Lipinski definition) is 3. The average Bonchev–Trinajstić information content (AvgIpc) is 2.50. The molecule has 136 valence electrons. The number of rotatable bonds is 4. The quantitative estimate of drug-likeness (QED) is 0.716. The molecular weight excluding hydrogens is 323 g/mol. The van der Waals surface area contributed by atoms with E-state index in [2.05, 4.69) is 0 Å². The van der Waals surface area contributed by atoms with Crippen molar-refractivity contribution in [2.24, 2.45) is 0 Å². The molecule has 0 bridgehead atoms. The Labute approximate surface area is 147 Å². The van der Waals surface area contributed by atoms with E-state index in [1.807, 2.05) is 33.8 Å². The van der Waals surface area contributed by atoms with Crippen LogP contribution in [0, 0.1) is 19.7 Å². The van der Waals surface area contributed by atoms with Crippen LogP contribution in [-0.2, 0) is 4.79 Å². The zero-order valence-corrected chi connectivity index (χ0v) is 15.2. The lowest BCUT2D eigenvalue weighted by Crippen LogP contribution is -2.05. The summed E-state index contributed by atoms with van der Waals surface area (Å²) in [7, 11) is 0. The van der Waals surface area contributed by atoms with Crippen molar-refractivity contribution in [2.75, 3.05) is 0 Å². The number of halogens is 1. The molecular formula is C20H25FO4. The van der Waals surface area contributed by atoms with Crippen molar-refractivity contribution in [1.29, 1.82) is 0 Å². The van der Waals surface area contributed by atoms with E-state index in [9.17, 15) is 19.4 Å². The van der Waals surface area contributed by atoms with Gasteiger partial charge in [0, 0.05) is 5.56 Å². The van der Waals surface area contributed by atoms with Gasteiger partial charge in [-0.1, -0.05) is 26.8 Å². The summed E-state index contributed by atoms with van der Waals surface area (Å²) in [5.41, 5.74) is 2.72. The summed E-state index contributed by atoms with van der Waals surface area (Å²) in [5.74, 6) is -3.01. The second kappa shape index (κ2) is 8.51. The first-order valence-corrected chi connectivity index (χ1v) is 8.25. The zero-order chi connectivity index (χ0) is 19.3. The summed E-state index contributed by atoms with van der Waals surface area (Å²) in [6, 6.07) is 6.18. The van der Waals surface area contributed by atoms with Gasteiger partial charge in [0.2, 0.25) is 0 Å². The first-order valence-electron chi connectivity index (χ1n) is 8.25. The smallest absolute Gasteiger partial charge is 0.303 e. The Morgan fingerprint density at radius 1 is 1.08 bits per heavy atom. The minimum absolute atomic E-state index is 0.0327. The van der Waals surface area contributed by atoms with Gasteiger partial charge in [0.05, 0.1) is 6.42 Å². The second-order valence-electron chi connectivity index (χ2n) is 5.87. The van der Waals surface area contributed by atoms with Crippen molar-refractivity contribution in [2.45, 2.75) is 47.0 Å². The highest BCUT2D eigenvalue weighted by Gasteiger charge is 2.20. The maximum absolute atomic E-state index is 14.2. The Morgan fingerprint density at radius 2 is 1.68 bits per heavy atom. The number of carbonyl (C=O) groups is 1. The average molecular weight is 348 g/mol. The van der Waals surface area contributed by atoms with Crippen LogP contribution in [0.5, 0.6) is 11.5 Å². The van der Waals surface area contributed by atoms with Crippen LogP contribution in [0.2, 0.25) is 0 Å². The maximum atomic E-state index is 14.2. The summed E-state index contributed by atoms with van der Waals surface area (Å²) in [5, 5.41) is 28.9. The van der Waals surface area contributed by atoms with Gasteiger partial charge in [0.25, 0.3) is 0 Å². The van der Waals surface area contributed by atoms with E-state index < -0.39 is 23.5 Å². The number of hydrogen-bond donors (Lipinski definition) is 3. The monoisotopic (exact) mass is 348 g/mol. The van der Waals surface area contributed by atoms with E-state index in [-0.39, 0.29) is 17.7 Å². The summed E-state index contributed by atoms with van der Waals surface area (Å²) < 4.78 is 14.2. The molecule has 2 rings (SSSR count). The molecule has 0 saturated carbocycles. The van der Waals surface area contributed by atoms with Crippen molar-refractivity contribution in [3.8, 4) is 22.6 Å². The largest absolute Gasteiger partial charge is 0.507 e. The van der Waals surface area contributed by atoms with Crippen LogP contribution in [0.4, 0.5) is 4.39 Å². The van der Waals surface area contributed by atoms with Crippen molar-refractivity contribution in [3.63, 3.8) is 0 Å². The first kappa shape index (κ1) is 20.5. The van der Waals surface area contributed by atoms with E-state index in [0.29, 0.717) is 11.1 Å². The van der Waals surface area contributed by atoms with Gasteiger partial charge >= 0.3 is 5.97 Å². The van der Waals surface area contributed by atoms with Gasteiger partial charge in [-0.05, 0) is 60.2 Å². The van der Waals surface area contributed by atoms with Gasteiger partial charge in [0.1, 0.15) is 5.75 Å². The Kier molecular flexibility index (Phi) is 6.97. The molecule has 25 heavy (non-hydrogen) atoms. The SMILES string of the molecule is CC.Cc1cc(C)c(-c2cc(O)c(F)c(C(C)CC(=O)O)c2)c(O)c1. The van der Waals surface area contributed by atoms with Crippen LogP contribution in [0.15, 0.2) is 24.3 Å². The van der Waals surface area contributed by atoms with Gasteiger partial charge in [-0.25, -0.2) is 4.39 Å². The lowest BCUT2D eigenvalue weighted by atomic mass is 9.91. The molecule has 0 aliphatic carbocycles. The minimum atomic E-state index is -1.05. The van der Waals surface area contributed by atoms with E-state index in [1.54, 1.807) is 13.0 Å². The lowest BCUT2D eigenvalue weighted by molar-refractivity contribution is -0.137. The molecule has 0 aromatic heterocycles. The number of phenolic OH excluding ortho intramolecular Hbond substituents is 2. The first-order chi connectivity index (χ1) is 11.7. The Balaban J connectivity index is 0.00000151. The third-order valence-electron chi connectivity index (χ3n) is 3.84. The van der Waals surface area contributed by atoms with E-state index in [1.165, 1.54) is 12.1 Å². The molecule has 0 heterocycles. The van der Waals surface area contributed by atoms with Crippen LogP contribution in [0.25, 0.3) is 11.1 Å². The third kappa shape index (κ3) is 4.72. The standard InChI is InChI=1S/C18H19FO4.C2H6/c1-9-4-11(3)17(14(20)5-9)12-7-13(10(2)6-16(22)23)18(19)15(21)8-12;1-2/h4-5,7-8,10,20-21H,6H2,1-3H3,(H,22,23);1-2H3. The fraction of sp³-hybridized carbons (Fsp3) is 0.350. The molecule has 0 fully saturated rings. The molecule has 0 radical (unpaired) electrons. The Morgan fingerprint density at radius 3 is 2.20 bits per heavy atom. The number of benzene rings is 2. The summed E-state index contributed by atoms with van der Waals surface area (Å²) in [6.45, 7) is 9.24. The van der Waals surface area contributed by atoms with Crippen LogP contribution in [0.1, 0.15) is 49.8 Å². The minimum Gasteiger partial charge on any atom is -0.507 e. The molecule has 0 saturated heterocycles. The zero-order valence-electron chi connectivity index (χ0n) is 15.2.